The van der Waals surface area contributed by atoms with Crippen molar-refractivity contribution < 1.29 is 17.9 Å². The molecule has 0 saturated heterocycles. The molecule has 0 saturated carbocycles. The molecule has 0 aliphatic rings. The Balaban J connectivity index is 1.55. The number of carbonyl (C=O) groups is 1. The molecule has 3 aromatic rings. The summed E-state index contributed by atoms with van der Waals surface area (Å²) in [5.41, 5.74) is 3.42. The van der Waals surface area contributed by atoms with Gasteiger partial charge in [-0.15, -0.1) is 0 Å². The Bertz CT molecular complexity index is 1300. The molecule has 0 fully saturated rings. The van der Waals surface area contributed by atoms with Crippen LogP contribution in [0.15, 0.2) is 71.6 Å². The fraction of sp³-hybridized carbons (Fsp3) is 0.259. The Morgan fingerprint density at radius 1 is 0.917 bits per heavy atom. The summed E-state index contributed by atoms with van der Waals surface area (Å²) >= 11 is 5.24. The van der Waals surface area contributed by atoms with E-state index >= 15 is 0 Å². The standard InChI is InChI=1S/C27H31N3O4S2/c1-18(2)13-14-34-24-9-5-21(6-10-24)26(31)29-27(35)28-22-7-11-25(12-8-22)36(32,33)30-23-16-19(3)15-20(4)17-23/h5-12,15-18,30H,13-14H2,1-4H3,(H2,28,29,31,35). The molecule has 0 radical (unpaired) electrons. The van der Waals surface area contributed by atoms with Crippen molar-refractivity contribution in [1.82, 2.24) is 5.32 Å². The van der Waals surface area contributed by atoms with E-state index in [9.17, 15) is 13.2 Å². The lowest BCUT2D eigenvalue weighted by molar-refractivity contribution is 0.0977. The molecule has 7 nitrogen and oxygen atoms in total. The van der Waals surface area contributed by atoms with E-state index in [1.54, 1.807) is 48.5 Å². The maximum Gasteiger partial charge on any atom is 0.261 e. The van der Waals surface area contributed by atoms with Crippen molar-refractivity contribution in [1.29, 1.82) is 0 Å². The number of rotatable bonds is 9. The smallest absolute Gasteiger partial charge is 0.261 e. The summed E-state index contributed by atoms with van der Waals surface area (Å²) in [6.07, 6.45) is 0.956. The predicted octanol–water partition coefficient (Wildman–Crippen LogP) is 5.66. The molecule has 0 atom stereocenters. The number of benzene rings is 3. The Morgan fingerprint density at radius 3 is 2.11 bits per heavy atom. The molecule has 3 N–H and O–H groups in total. The molecule has 0 aliphatic carbocycles. The molecule has 1 amide bonds. The average Bonchev–Trinajstić information content (AvgIpc) is 2.78. The van der Waals surface area contributed by atoms with Crippen LogP contribution in [0, 0.1) is 19.8 Å². The minimum atomic E-state index is -3.75. The molecule has 3 rings (SSSR count). The Labute approximate surface area is 218 Å². The monoisotopic (exact) mass is 525 g/mol. The van der Waals surface area contributed by atoms with E-state index < -0.39 is 10.0 Å². The maximum absolute atomic E-state index is 12.7. The molecule has 190 valence electrons. The number of ether oxygens (including phenoxy) is 1. The van der Waals surface area contributed by atoms with E-state index in [0.717, 1.165) is 17.5 Å². The topological polar surface area (TPSA) is 96.5 Å². The zero-order chi connectivity index (χ0) is 26.3. The zero-order valence-corrected chi connectivity index (χ0v) is 22.4. The molecule has 0 aliphatic heterocycles. The van der Waals surface area contributed by atoms with E-state index in [0.29, 0.717) is 35.2 Å². The minimum Gasteiger partial charge on any atom is -0.494 e. The third-order valence-electron chi connectivity index (χ3n) is 5.20. The van der Waals surface area contributed by atoms with Gasteiger partial charge in [-0.25, -0.2) is 8.42 Å². The number of hydrogen-bond donors (Lipinski definition) is 3. The van der Waals surface area contributed by atoms with Crippen LogP contribution in [0.1, 0.15) is 41.8 Å². The van der Waals surface area contributed by atoms with Gasteiger partial charge in [-0.3, -0.25) is 14.8 Å². The minimum absolute atomic E-state index is 0.0984. The van der Waals surface area contributed by atoms with Crippen LogP contribution in [0.2, 0.25) is 0 Å². The summed E-state index contributed by atoms with van der Waals surface area (Å²) in [4.78, 5) is 12.6. The van der Waals surface area contributed by atoms with Gasteiger partial charge in [0.2, 0.25) is 0 Å². The van der Waals surface area contributed by atoms with Gasteiger partial charge in [0.15, 0.2) is 5.11 Å². The maximum atomic E-state index is 12.7. The quantitative estimate of drug-likeness (QED) is 0.312. The first-order valence-electron chi connectivity index (χ1n) is 11.6. The van der Waals surface area contributed by atoms with Crippen molar-refractivity contribution >= 4 is 44.6 Å². The van der Waals surface area contributed by atoms with Crippen molar-refractivity contribution in [2.75, 3.05) is 16.6 Å². The van der Waals surface area contributed by atoms with E-state index in [1.165, 1.54) is 12.1 Å². The molecular formula is C27H31N3O4S2. The SMILES string of the molecule is Cc1cc(C)cc(NS(=O)(=O)c2ccc(NC(=S)NC(=O)c3ccc(OCCC(C)C)cc3)cc2)c1. The summed E-state index contributed by atoms with van der Waals surface area (Å²) in [6.45, 7) is 8.71. The summed E-state index contributed by atoms with van der Waals surface area (Å²) in [7, 11) is -3.75. The van der Waals surface area contributed by atoms with Crippen LogP contribution in [0.5, 0.6) is 5.75 Å². The highest BCUT2D eigenvalue weighted by atomic mass is 32.2. The molecule has 9 heteroatoms. The molecule has 3 aromatic carbocycles. The van der Waals surface area contributed by atoms with Gasteiger partial charge in [-0.2, -0.15) is 0 Å². The Kier molecular flexibility index (Phi) is 9.06. The third-order valence-corrected chi connectivity index (χ3v) is 6.81. The van der Waals surface area contributed by atoms with Crippen molar-refractivity contribution in [2.24, 2.45) is 5.92 Å². The summed E-state index contributed by atoms with van der Waals surface area (Å²) in [6, 6.07) is 18.5. The number of carbonyl (C=O) groups excluding carboxylic acids is 1. The highest BCUT2D eigenvalue weighted by molar-refractivity contribution is 7.92. The van der Waals surface area contributed by atoms with Crippen LogP contribution in [-0.2, 0) is 10.0 Å². The van der Waals surface area contributed by atoms with Gasteiger partial charge < -0.3 is 10.1 Å². The predicted molar refractivity (Wildman–Crippen MR) is 148 cm³/mol. The van der Waals surface area contributed by atoms with Crippen LogP contribution in [0.4, 0.5) is 11.4 Å². The van der Waals surface area contributed by atoms with Gasteiger partial charge in [0.25, 0.3) is 15.9 Å². The van der Waals surface area contributed by atoms with Gasteiger partial charge in [-0.1, -0.05) is 19.9 Å². The molecule has 0 bridgehead atoms. The number of hydrogen-bond acceptors (Lipinski definition) is 5. The van der Waals surface area contributed by atoms with Gasteiger partial charge >= 0.3 is 0 Å². The highest BCUT2D eigenvalue weighted by Gasteiger charge is 2.15. The van der Waals surface area contributed by atoms with E-state index in [2.05, 4.69) is 29.2 Å². The van der Waals surface area contributed by atoms with Crippen LogP contribution in [0.25, 0.3) is 0 Å². The lowest BCUT2D eigenvalue weighted by Crippen LogP contribution is -2.34. The highest BCUT2D eigenvalue weighted by Crippen LogP contribution is 2.20. The Morgan fingerprint density at radius 2 is 1.53 bits per heavy atom. The number of thiocarbonyl (C=S) groups is 1. The van der Waals surface area contributed by atoms with Gasteiger partial charge in [0, 0.05) is 16.9 Å². The third kappa shape index (κ3) is 8.07. The molecule has 0 unspecified atom stereocenters. The van der Waals surface area contributed by atoms with Crippen molar-refractivity contribution in [3.05, 3.63) is 83.4 Å². The second kappa shape index (κ2) is 12.0. The summed E-state index contributed by atoms with van der Waals surface area (Å²) in [5, 5.41) is 5.61. The molecule has 0 spiro atoms. The van der Waals surface area contributed by atoms with E-state index in [-0.39, 0.29) is 15.9 Å². The van der Waals surface area contributed by atoms with E-state index in [1.807, 2.05) is 19.9 Å². The molecular weight excluding hydrogens is 494 g/mol. The summed E-state index contributed by atoms with van der Waals surface area (Å²) < 4.78 is 33.8. The van der Waals surface area contributed by atoms with Crippen molar-refractivity contribution in [2.45, 2.75) is 39.0 Å². The first kappa shape index (κ1) is 27.2. The van der Waals surface area contributed by atoms with Crippen LogP contribution in [-0.4, -0.2) is 26.0 Å². The van der Waals surface area contributed by atoms with Gasteiger partial charge in [0.1, 0.15) is 5.75 Å². The number of sulfonamides is 1. The average molecular weight is 526 g/mol. The number of anilines is 2. The Hall–Kier alpha value is -3.43. The largest absolute Gasteiger partial charge is 0.494 e. The van der Waals surface area contributed by atoms with Crippen LogP contribution < -0.4 is 20.1 Å². The number of amides is 1. The lowest BCUT2D eigenvalue weighted by Gasteiger charge is -2.12. The fourth-order valence-corrected chi connectivity index (χ4v) is 4.67. The second-order valence-electron chi connectivity index (χ2n) is 8.97. The number of aryl methyl sites for hydroxylation is 2. The van der Waals surface area contributed by atoms with Gasteiger partial charge in [-0.05, 0) is 110 Å². The summed E-state index contributed by atoms with van der Waals surface area (Å²) in [5.74, 6) is 0.900. The normalized spacial score (nSPS) is 11.1. The van der Waals surface area contributed by atoms with Crippen molar-refractivity contribution in [3.8, 4) is 5.75 Å². The fourth-order valence-electron chi connectivity index (χ4n) is 3.42. The van der Waals surface area contributed by atoms with Crippen molar-refractivity contribution in [3.63, 3.8) is 0 Å². The zero-order valence-electron chi connectivity index (χ0n) is 20.8. The van der Waals surface area contributed by atoms with Gasteiger partial charge in [0.05, 0.1) is 11.5 Å². The first-order chi connectivity index (χ1) is 17.0. The van der Waals surface area contributed by atoms with Crippen LogP contribution in [0.3, 0.4) is 0 Å². The molecule has 36 heavy (non-hydrogen) atoms. The molecule has 0 heterocycles. The number of nitrogens with one attached hydrogen (secondary N) is 3. The lowest BCUT2D eigenvalue weighted by atomic mass is 10.1. The second-order valence-corrected chi connectivity index (χ2v) is 11.1. The van der Waals surface area contributed by atoms with Crippen LogP contribution >= 0.6 is 12.2 Å². The van der Waals surface area contributed by atoms with E-state index in [4.69, 9.17) is 17.0 Å². The molecule has 0 aromatic heterocycles. The first-order valence-corrected chi connectivity index (χ1v) is 13.5.